The van der Waals surface area contributed by atoms with Crippen molar-refractivity contribution in [3.63, 3.8) is 0 Å². The fourth-order valence-electron chi connectivity index (χ4n) is 1.91. The maximum atomic E-state index is 11.9. The molecule has 2 aromatic carbocycles. The highest BCUT2D eigenvalue weighted by Crippen LogP contribution is 2.32. The molecule has 2 N–H and O–H groups in total. The number of hydrogen-bond acceptors (Lipinski definition) is 3. The second-order valence-corrected chi connectivity index (χ2v) is 4.15. The van der Waals surface area contributed by atoms with E-state index in [0.717, 1.165) is 0 Å². The van der Waals surface area contributed by atoms with Crippen molar-refractivity contribution in [2.24, 2.45) is 10.2 Å². The van der Waals surface area contributed by atoms with Crippen LogP contribution in [0.25, 0.3) is 0 Å². The van der Waals surface area contributed by atoms with Crippen molar-refractivity contribution in [1.82, 2.24) is 0 Å². The zero-order valence-electron chi connectivity index (χ0n) is 10.3. The molecule has 1 heterocycles. The maximum absolute atomic E-state index is 11.9. The molecule has 2 aromatic rings. The smallest absolute Gasteiger partial charge is 0.308 e. The molecule has 6 nitrogen and oxygen atoms in total. The minimum absolute atomic E-state index is 0.315. The Morgan fingerprint density at radius 2 is 1.70 bits per heavy atom. The molecule has 0 saturated heterocycles. The fourth-order valence-corrected chi connectivity index (χ4v) is 1.91. The molecule has 3 rings (SSSR count). The van der Waals surface area contributed by atoms with Crippen LogP contribution < -0.4 is 10.6 Å². The summed E-state index contributed by atoms with van der Waals surface area (Å²) in [7, 11) is 0. The van der Waals surface area contributed by atoms with Crippen LogP contribution in [0, 0.1) is 0 Å². The Hall–Kier alpha value is -3.02. The molecule has 0 unspecified atom stereocenters. The van der Waals surface area contributed by atoms with Gasteiger partial charge in [-0.25, -0.2) is 4.79 Å². The number of rotatable bonds is 2. The topological polar surface area (TPSA) is 82.9 Å². The third-order valence-corrected chi connectivity index (χ3v) is 2.78. The summed E-state index contributed by atoms with van der Waals surface area (Å²) in [6, 6.07) is 13.6. The average Bonchev–Trinajstić information content (AvgIpc) is 2.83. The number of carbonyl (C=O) groups excluding carboxylic acids is 2. The van der Waals surface area contributed by atoms with Crippen LogP contribution in [-0.4, -0.2) is 11.9 Å². The van der Waals surface area contributed by atoms with Gasteiger partial charge in [0.05, 0.1) is 11.3 Å². The van der Waals surface area contributed by atoms with E-state index in [1.54, 1.807) is 30.3 Å². The van der Waals surface area contributed by atoms with Crippen LogP contribution in [-0.2, 0) is 0 Å². The molecule has 98 valence electrons. The van der Waals surface area contributed by atoms with E-state index in [-0.39, 0.29) is 0 Å². The van der Waals surface area contributed by atoms with Gasteiger partial charge in [-0.05, 0) is 24.3 Å². The number of fused-ring (bicyclic) bond motifs is 1. The van der Waals surface area contributed by atoms with E-state index in [2.05, 4.69) is 20.9 Å². The molecule has 0 saturated carbocycles. The van der Waals surface area contributed by atoms with Crippen LogP contribution in [0.2, 0.25) is 0 Å². The predicted octanol–water partition coefficient (Wildman–Crippen LogP) is 3.57. The van der Waals surface area contributed by atoms with Crippen molar-refractivity contribution < 1.29 is 9.59 Å². The number of nitrogens with one attached hydrogen (secondary N) is 2. The Kier molecular flexibility index (Phi) is 2.96. The van der Waals surface area contributed by atoms with Gasteiger partial charge in [-0.3, -0.25) is 4.79 Å². The largest absolute Gasteiger partial charge is 0.323 e. The minimum Gasteiger partial charge on any atom is -0.308 e. The summed E-state index contributed by atoms with van der Waals surface area (Å²) in [5.41, 5.74) is 1.84. The molecule has 0 spiro atoms. The van der Waals surface area contributed by atoms with Gasteiger partial charge in [0.1, 0.15) is 5.69 Å². The monoisotopic (exact) mass is 266 g/mol. The third kappa shape index (κ3) is 2.26. The lowest BCUT2D eigenvalue weighted by molar-refractivity contribution is 0.100. The molecule has 1 aliphatic heterocycles. The van der Waals surface area contributed by atoms with Gasteiger partial charge in [0.25, 0.3) is 5.91 Å². The summed E-state index contributed by atoms with van der Waals surface area (Å²) in [6.45, 7) is 0. The Labute approximate surface area is 114 Å². The van der Waals surface area contributed by atoms with E-state index < -0.39 is 11.9 Å². The van der Waals surface area contributed by atoms with Crippen LogP contribution in [0.5, 0.6) is 0 Å². The second-order valence-electron chi connectivity index (χ2n) is 4.15. The van der Waals surface area contributed by atoms with Crippen molar-refractivity contribution in [2.45, 2.75) is 0 Å². The minimum atomic E-state index is -0.449. The highest BCUT2D eigenvalue weighted by atomic mass is 16.2. The van der Waals surface area contributed by atoms with Crippen molar-refractivity contribution in [3.8, 4) is 0 Å². The van der Waals surface area contributed by atoms with Gasteiger partial charge in [0.2, 0.25) is 0 Å². The number of urea groups is 1. The first kappa shape index (κ1) is 12.0. The molecule has 1 aliphatic rings. The molecule has 0 bridgehead atoms. The van der Waals surface area contributed by atoms with E-state index in [4.69, 9.17) is 0 Å². The lowest BCUT2D eigenvalue weighted by Gasteiger charge is -2.09. The van der Waals surface area contributed by atoms with Crippen molar-refractivity contribution >= 4 is 29.0 Å². The van der Waals surface area contributed by atoms with Crippen LogP contribution >= 0.6 is 0 Å². The number of amides is 3. The summed E-state index contributed by atoms with van der Waals surface area (Å²) in [5, 5.41) is 12.5. The number of anilines is 2. The Bertz CT molecular complexity index is 710. The van der Waals surface area contributed by atoms with Crippen LogP contribution in [0.3, 0.4) is 0 Å². The van der Waals surface area contributed by atoms with E-state index in [0.29, 0.717) is 22.6 Å². The zero-order valence-corrected chi connectivity index (χ0v) is 10.3. The number of para-hydroxylation sites is 1. The van der Waals surface area contributed by atoms with E-state index in [9.17, 15) is 9.59 Å². The lowest BCUT2D eigenvalue weighted by atomic mass is 10.1. The van der Waals surface area contributed by atoms with Gasteiger partial charge < -0.3 is 10.6 Å². The molecule has 6 heteroatoms. The highest BCUT2D eigenvalue weighted by molar-refractivity contribution is 6.10. The van der Waals surface area contributed by atoms with Gasteiger partial charge in [-0.1, -0.05) is 24.3 Å². The Morgan fingerprint density at radius 1 is 0.900 bits per heavy atom. The average molecular weight is 266 g/mol. The van der Waals surface area contributed by atoms with Crippen molar-refractivity contribution in [3.05, 3.63) is 54.1 Å². The van der Waals surface area contributed by atoms with Gasteiger partial charge in [-0.2, -0.15) is 0 Å². The summed E-state index contributed by atoms with van der Waals surface area (Å²) >= 11 is 0. The van der Waals surface area contributed by atoms with Crippen LogP contribution in [0.15, 0.2) is 58.8 Å². The molecular weight excluding hydrogens is 256 g/mol. The molecule has 0 aromatic heterocycles. The van der Waals surface area contributed by atoms with Gasteiger partial charge in [-0.15, -0.1) is 10.2 Å². The number of benzene rings is 2. The summed E-state index contributed by atoms with van der Waals surface area (Å²) in [5.74, 6) is -0.449. The first-order valence-corrected chi connectivity index (χ1v) is 5.96. The van der Waals surface area contributed by atoms with E-state index in [1.807, 2.05) is 18.2 Å². The molecule has 3 amide bonds. The lowest BCUT2D eigenvalue weighted by Crippen LogP contribution is -2.20. The fraction of sp³-hybridized carbons (Fsp3) is 0. The molecule has 0 aliphatic carbocycles. The quantitative estimate of drug-likeness (QED) is 0.870. The SMILES string of the molecule is O=C(Nc1ccccc1)Nc1cccc2c1C(=O)N=N2. The van der Waals surface area contributed by atoms with Gasteiger partial charge >= 0.3 is 6.03 Å². The second kappa shape index (κ2) is 4.93. The van der Waals surface area contributed by atoms with Crippen LogP contribution in [0.4, 0.5) is 21.9 Å². The molecule has 0 atom stereocenters. The molecule has 0 radical (unpaired) electrons. The van der Waals surface area contributed by atoms with Crippen LogP contribution in [0.1, 0.15) is 10.4 Å². The summed E-state index contributed by atoms with van der Waals surface area (Å²) in [6.07, 6.45) is 0. The first-order chi connectivity index (χ1) is 9.74. The number of azo groups is 1. The van der Waals surface area contributed by atoms with Crippen molar-refractivity contribution in [2.75, 3.05) is 10.6 Å². The number of nitrogens with zero attached hydrogens (tertiary/aromatic N) is 2. The van der Waals surface area contributed by atoms with Gasteiger partial charge in [0.15, 0.2) is 0 Å². The number of hydrogen-bond donors (Lipinski definition) is 2. The molecular formula is C14H10N4O2. The highest BCUT2D eigenvalue weighted by Gasteiger charge is 2.22. The maximum Gasteiger partial charge on any atom is 0.323 e. The Morgan fingerprint density at radius 3 is 2.50 bits per heavy atom. The molecule has 0 fully saturated rings. The standard InChI is InChI=1S/C14H10N4O2/c19-13-12-10(7-4-8-11(12)17-18-13)16-14(20)15-9-5-2-1-3-6-9/h1-8H,(H2,15,16,20). The first-order valence-electron chi connectivity index (χ1n) is 5.96. The Balaban J connectivity index is 1.78. The van der Waals surface area contributed by atoms with Crippen molar-refractivity contribution in [1.29, 1.82) is 0 Å². The van der Waals surface area contributed by atoms with E-state index >= 15 is 0 Å². The summed E-state index contributed by atoms with van der Waals surface area (Å²) in [4.78, 5) is 23.5. The number of carbonyl (C=O) groups is 2. The van der Waals surface area contributed by atoms with E-state index in [1.165, 1.54) is 0 Å². The van der Waals surface area contributed by atoms with Gasteiger partial charge in [0, 0.05) is 5.69 Å². The normalized spacial score (nSPS) is 12.1. The predicted molar refractivity (Wildman–Crippen MR) is 74.4 cm³/mol. The summed E-state index contributed by atoms with van der Waals surface area (Å²) < 4.78 is 0. The zero-order chi connectivity index (χ0) is 13.9. The third-order valence-electron chi connectivity index (χ3n) is 2.78. The molecule has 20 heavy (non-hydrogen) atoms.